The second-order valence-electron chi connectivity index (χ2n) is 4.45. The smallest absolute Gasteiger partial charge is 0.224 e. The number of carbonyl (C=O) groups excluding carboxylic acids is 2. The number of nitrogens with zero attached hydrogens (tertiary/aromatic N) is 1. The van der Waals surface area contributed by atoms with Crippen LogP contribution in [0.25, 0.3) is 0 Å². The van der Waals surface area contributed by atoms with Gasteiger partial charge in [0.25, 0.3) is 0 Å². The molecule has 0 spiro atoms. The molecule has 1 N–H and O–H groups in total. The van der Waals surface area contributed by atoms with Crippen molar-refractivity contribution in [3.05, 3.63) is 12.2 Å². The lowest BCUT2D eigenvalue weighted by Gasteiger charge is -2.31. The van der Waals surface area contributed by atoms with Gasteiger partial charge in [-0.1, -0.05) is 12.2 Å². The molecule has 0 aromatic carbocycles. The number of amides is 2. The summed E-state index contributed by atoms with van der Waals surface area (Å²) >= 11 is 0. The van der Waals surface area contributed by atoms with Gasteiger partial charge in [-0.05, 0) is 26.2 Å². The Morgan fingerprint density at radius 2 is 2.24 bits per heavy atom. The second-order valence-corrected chi connectivity index (χ2v) is 4.45. The van der Waals surface area contributed by atoms with E-state index < -0.39 is 0 Å². The van der Waals surface area contributed by atoms with Crippen LogP contribution in [0.3, 0.4) is 0 Å². The van der Waals surface area contributed by atoms with Crippen LogP contribution in [0, 0.1) is 5.92 Å². The molecule has 17 heavy (non-hydrogen) atoms. The minimum Gasteiger partial charge on any atom is -0.355 e. The quantitative estimate of drug-likeness (QED) is 0.593. The minimum absolute atomic E-state index is 0.0294. The molecule has 1 rings (SSSR count). The Hall–Kier alpha value is -1.32. The standard InChI is InChI=1S/C13H22N2O2/c1-3-4-5-8-14-13(17)12-7-6-9-15(10-12)11(2)16/h3-4,12H,5-10H2,1-2H3,(H,14,17)/b4-3+. The molecule has 0 radical (unpaired) electrons. The van der Waals surface area contributed by atoms with E-state index >= 15 is 0 Å². The summed E-state index contributed by atoms with van der Waals surface area (Å²) in [6, 6.07) is 0. The van der Waals surface area contributed by atoms with Crippen molar-refractivity contribution in [2.75, 3.05) is 19.6 Å². The van der Waals surface area contributed by atoms with Crippen LogP contribution in [0.15, 0.2) is 12.2 Å². The van der Waals surface area contributed by atoms with E-state index in [1.807, 2.05) is 19.1 Å². The average Bonchev–Trinajstić information content (AvgIpc) is 2.34. The van der Waals surface area contributed by atoms with Crippen molar-refractivity contribution in [3.63, 3.8) is 0 Å². The number of hydrogen-bond donors (Lipinski definition) is 1. The molecule has 1 heterocycles. The van der Waals surface area contributed by atoms with Crippen molar-refractivity contribution in [3.8, 4) is 0 Å². The monoisotopic (exact) mass is 238 g/mol. The number of hydrogen-bond acceptors (Lipinski definition) is 2. The molecule has 1 atom stereocenters. The highest BCUT2D eigenvalue weighted by Crippen LogP contribution is 2.16. The zero-order valence-electron chi connectivity index (χ0n) is 10.7. The lowest BCUT2D eigenvalue weighted by Crippen LogP contribution is -2.44. The highest BCUT2D eigenvalue weighted by molar-refractivity contribution is 5.80. The Labute approximate surface area is 103 Å². The maximum Gasteiger partial charge on any atom is 0.224 e. The van der Waals surface area contributed by atoms with Crippen molar-refractivity contribution < 1.29 is 9.59 Å². The van der Waals surface area contributed by atoms with E-state index in [4.69, 9.17) is 0 Å². The largest absolute Gasteiger partial charge is 0.355 e. The third-order valence-corrected chi connectivity index (χ3v) is 3.08. The van der Waals surface area contributed by atoms with Crippen molar-refractivity contribution in [1.29, 1.82) is 0 Å². The Morgan fingerprint density at radius 1 is 1.47 bits per heavy atom. The van der Waals surface area contributed by atoms with Crippen molar-refractivity contribution in [2.45, 2.75) is 33.1 Å². The topological polar surface area (TPSA) is 49.4 Å². The van der Waals surface area contributed by atoms with Gasteiger partial charge in [-0.25, -0.2) is 0 Å². The molecule has 1 fully saturated rings. The molecule has 0 aliphatic carbocycles. The van der Waals surface area contributed by atoms with Gasteiger partial charge in [-0.15, -0.1) is 0 Å². The van der Waals surface area contributed by atoms with Gasteiger partial charge in [0.15, 0.2) is 0 Å². The predicted octanol–water partition coefficient (Wildman–Crippen LogP) is 1.33. The Kier molecular flexibility index (Phi) is 5.73. The van der Waals surface area contributed by atoms with Gasteiger partial charge in [0.05, 0.1) is 5.92 Å². The molecule has 96 valence electrons. The van der Waals surface area contributed by atoms with E-state index in [2.05, 4.69) is 5.32 Å². The number of likely N-dealkylation sites (tertiary alicyclic amines) is 1. The molecule has 1 aliphatic heterocycles. The summed E-state index contributed by atoms with van der Waals surface area (Å²) < 4.78 is 0. The van der Waals surface area contributed by atoms with Gasteiger partial charge in [0.2, 0.25) is 11.8 Å². The third-order valence-electron chi connectivity index (χ3n) is 3.08. The van der Waals surface area contributed by atoms with Gasteiger partial charge >= 0.3 is 0 Å². The molecular weight excluding hydrogens is 216 g/mol. The van der Waals surface area contributed by atoms with Crippen LogP contribution in [0.1, 0.15) is 33.1 Å². The first-order valence-corrected chi connectivity index (χ1v) is 6.29. The van der Waals surface area contributed by atoms with Gasteiger partial charge in [-0.2, -0.15) is 0 Å². The highest BCUT2D eigenvalue weighted by atomic mass is 16.2. The first kappa shape index (κ1) is 13.7. The molecule has 4 heteroatoms. The Balaban J connectivity index is 2.33. The minimum atomic E-state index is -0.0294. The number of allylic oxidation sites excluding steroid dienone is 1. The molecule has 0 aromatic heterocycles. The normalized spacial score (nSPS) is 20.6. The fourth-order valence-corrected chi connectivity index (χ4v) is 2.07. The number of piperidine rings is 1. The summed E-state index contributed by atoms with van der Waals surface area (Å²) in [5.74, 6) is 0.120. The third kappa shape index (κ3) is 4.59. The number of nitrogens with one attached hydrogen (secondary N) is 1. The van der Waals surface area contributed by atoms with Gasteiger partial charge in [-0.3, -0.25) is 9.59 Å². The Bertz CT molecular complexity index is 300. The van der Waals surface area contributed by atoms with Gasteiger partial charge < -0.3 is 10.2 Å². The van der Waals surface area contributed by atoms with E-state index in [1.54, 1.807) is 11.8 Å². The van der Waals surface area contributed by atoms with E-state index in [9.17, 15) is 9.59 Å². The lowest BCUT2D eigenvalue weighted by atomic mass is 9.97. The van der Waals surface area contributed by atoms with Crippen LogP contribution >= 0.6 is 0 Å². The zero-order chi connectivity index (χ0) is 12.7. The molecule has 1 unspecified atom stereocenters. The van der Waals surface area contributed by atoms with E-state index in [1.165, 1.54) is 0 Å². The van der Waals surface area contributed by atoms with Crippen LogP contribution in [-0.4, -0.2) is 36.3 Å². The van der Waals surface area contributed by atoms with Crippen LogP contribution in [0.4, 0.5) is 0 Å². The molecule has 0 saturated carbocycles. The Morgan fingerprint density at radius 3 is 2.88 bits per heavy atom. The summed E-state index contributed by atoms with van der Waals surface area (Å²) in [5.41, 5.74) is 0. The molecule has 2 amide bonds. The van der Waals surface area contributed by atoms with E-state index in [0.717, 1.165) is 25.8 Å². The van der Waals surface area contributed by atoms with Crippen molar-refractivity contribution in [1.82, 2.24) is 10.2 Å². The van der Waals surface area contributed by atoms with Crippen LogP contribution in [0.5, 0.6) is 0 Å². The molecule has 0 aromatic rings. The molecule has 4 nitrogen and oxygen atoms in total. The molecule has 1 saturated heterocycles. The summed E-state index contributed by atoms with van der Waals surface area (Å²) in [4.78, 5) is 24.9. The first-order chi connectivity index (χ1) is 8.15. The zero-order valence-corrected chi connectivity index (χ0v) is 10.7. The summed E-state index contributed by atoms with van der Waals surface area (Å²) in [5, 5.41) is 2.92. The first-order valence-electron chi connectivity index (χ1n) is 6.29. The van der Waals surface area contributed by atoms with Gasteiger partial charge in [0.1, 0.15) is 0 Å². The maximum absolute atomic E-state index is 11.9. The maximum atomic E-state index is 11.9. The summed E-state index contributed by atoms with van der Waals surface area (Å²) in [6.07, 6.45) is 6.68. The number of carbonyl (C=O) groups is 2. The molecule has 1 aliphatic rings. The van der Waals surface area contributed by atoms with Crippen LogP contribution < -0.4 is 5.32 Å². The average molecular weight is 238 g/mol. The predicted molar refractivity (Wildman–Crippen MR) is 67.4 cm³/mol. The fraction of sp³-hybridized carbons (Fsp3) is 0.692. The van der Waals surface area contributed by atoms with Crippen molar-refractivity contribution >= 4 is 11.8 Å². The lowest BCUT2D eigenvalue weighted by molar-refractivity contribution is -0.133. The van der Waals surface area contributed by atoms with Crippen molar-refractivity contribution in [2.24, 2.45) is 5.92 Å². The van der Waals surface area contributed by atoms with Crippen LogP contribution in [-0.2, 0) is 9.59 Å². The molecular formula is C13H22N2O2. The fourth-order valence-electron chi connectivity index (χ4n) is 2.07. The second kappa shape index (κ2) is 7.09. The molecule has 0 bridgehead atoms. The highest BCUT2D eigenvalue weighted by Gasteiger charge is 2.26. The van der Waals surface area contributed by atoms with Gasteiger partial charge in [0, 0.05) is 26.6 Å². The summed E-state index contributed by atoms with van der Waals surface area (Å²) in [7, 11) is 0. The SMILES string of the molecule is C/C=C/CCNC(=O)C1CCCN(C(C)=O)C1. The number of rotatable bonds is 4. The van der Waals surface area contributed by atoms with Crippen LogP contribution in [0.2, 0.25) is 0 Å². The van der Waals surface area contributed by atoms with E-state index in [-0.39, 0.29) is 17.7 Å². The summed E-state index contributed by atoms with van der Waals surface area (Å²) in [6.45, 7) is 5.57. The van der Waals surface area contributed by atoms with E-state index in [0.29, 0.717) is 13.1 Å².